The van der Waals surface area contributed by atoms with Crippen molar-refractivity contribution in [2.75, 3.05) is 23.3 Å². The van der Waals surface area contributed by atoms with Gasteiger partial charge in [-0.25, -0.2) is 19.9 Å². The van der Waals surface area contributed by atoms with E-state index in [1.54, 1.807) is 18.5 Å². The molecule has 10 nitrogen and oxygen atoms in total. The Morgan fingerprint density at radius 1 is 1.15 bits per heavy atom. The molecule has 3 heterocycles. The number of amides is 2. The summed E-state index contributed by atoms with van der Waals surface area (Å²) in [5, 5.41) is 6.06. The van der Waals surface area contributed by atoms with Gasteiger partial charge in [-0.2, -0.15) is 0 Å². The van der Waals surface area contributed by atoms with Gasteiger partial charge in [-0.1, -0.05) is 6.58 Å². The van der Waals surface area contributed by atoms with Crippen LogP contribution in [0.4, 0.5) is 17.3 Å². The Bertz CT molecular complexity index is 1150. The maximum Gasteiger partial charge on any atom is 0.271 e. The number of anilines is 3. The summed E-state index contributed by atoms with van der Waals surface area (Å²) in [4.78, 5) is 43.0. The van der Waals surface area contributed by atoms with E-state index in [-0.39, 0.29) is 23.5 Å². The number of carbonyl (C=O) groups excluding carboxylic acids is 2. The normalized spacial score (nSPS) is 15.5. The molecule has 3 aromatic rings. The fourth-order valence-corrected chi connectivity index (χ4v) is 3.65. The second-order valence-corrected chi connectivity index (χ2v) is 7.56. The maximum atomic E-state index is 11.9. The highest BCUT2D eigenvalue weighted by atomic mass is 16.2. The standard InChI is InChI=1S/C23H24N8O2/c1-2-19(32)28-17-5-3-12-31(14-17)18-13-27-20(21(24)33)23(30-18)29-16-8-6-15(7-9-16)22-25-10-4-11-26-22/h2,4,6-11,13,17H,1,3,5,12,14H2,(H2,24,33)(H,28,32)(H,29,30). The minimum atomic E-state index is -0.680. The first-order valence-corrected chi connectivity index (χ1v) is 10.5. The van der Waals surface area contributed by atoms with E-state index in [0.29, 0.717) is 23.9 Å². The Hall–Kier alpha value is -4.34. The number of piperidine rings is 1. The number of nitrogens with two attached hydrogens (primary N) is 1. The summed E-state index contributed by atoms with van der Waals surface area (Å²) in [6, 6.07) is 9.16. The molecule has 1 aliphatic heterocycles. The van der Waals surface area contributed by atoms with E-state index < -0.39 is 5.91 Å². The molecule has 0 aliphatic carbocycles. The SMILES string of the molecule is C=CC(=O)NC1CCCN(c2cnc(C(N)=O)c(Nc3ccc(-c4ncccn4)cc3)n2)C1. The van der Waals surface area contributed by atoms with E-state index in [4.69, 9.17) is 5.73 Å². The molecular weight excluding hydrogens is 420 g/mol. The molecule has 0 spiro atoms. The lowest BCUT2D eigenvalue weighted by Gasteiger charge is -2.33. The maximum absolute atomic E-state index is 11.9. The van der Waals surface area contributed by atoms with Gasteiger partial charge in [-0.3, -0.25) is 9.59 Å². The molecule has 1 unspecified atom stereocenters. The molecule has 1 saturated heterocycles. The number of nitrogens with zero attached hydrogens (tertiary/aromatic N) is 5. The van der Waals surface area contributed by atoms with E-state index in [2.05, 4.69) is 37.1 Å². The van der Waals surface area contributed by atoms with Crippen LogP contribution in [-0.4, -0.2) is 50.9 Å². The van der Waals surface area contributed by atoms with E-state index in [0.717, 1.165) is 24.9 Å². The van der Waals surface area contributed by atoms with Gasteiger partial charge in [0.25, 0.3) is 5.91 Å². The minimum absolute atomic E-state index is 0.0222. The smallest absolute Gasteiger partial charge is 0.271 e. The molecule has 33 heavy (non-hydrogen) atoms. The van der Waals surface area contributed by atoms with Gasteiger partial charge >= 0.3 is 0 Å². The van der Waals surface area contributed by atoms with Crippen LogP contribution >= 0.6 is 0 Å². The van der Waals surface area contributed by atoms with Crippen LogP contribution in [0.25, 0.3) is 11.4 Å². The van der Waals surface area contributed by atoms with Gasteiger partial charge in [-0.15, -0.1) is 0 Å². The molecule has 1 aliphatic rings. The third-order valence-electron chi connectivity index (χ3n) is 5.24. The fourth-order valence-electron chi connectivity index (χ4n) is 3.65. The molecule has 10 heteroatoms. The largest absolute Gasteiger partial charge is 0.364 e. The first-order chi connectivity index (χ1) is 16.0. The van der Waals surface area contributed by atoms with E-state index in [1.165, 1.54) is 12.3 Å². The Morgan fingerprint density at radius 3 is 2.61 bits per heavy atom. The van der Waals surface area contributed by atoms with Crippen LogP contribution in [-0.2, 0) is 4.79 Å². The monoisotopic (exact) mass is 444 g/mol. The molecule has 2 aromatic heterocycles. The first-order valence-electron chi connectivity index (χ1n) is 10.5. The molecule has 1 aromatic carbocycles. The number of primary amides is 1. The zero-order chi connectivity index (χ0) is 23.2. The number of nitrogens with one attached hydrogen (secondary N) is 2. The van der Waals surface area contributed by atoms with Crippen LogP contribution in [0.5, 0.6) is 0 Å². The van der Waals surface area contributed by atoms with Crippen molar-refractivity contribution in [2.45, 2.75) is 18.9 Å². The van der Waals surface area contributed by atoms with Gasteiger partial charge in [-0.05, 0) is 49.2 Å². The number of hydrogen-bond donors (Lipinski definition) is 3. The summed E-state index contributed by atoms with van der Waals surface area (Å²) in [7, 11) is 0. The zero-order valence-electron chi connectivity index (χ0n) is 17.9. The van der Waals surface area contributed by atoms with Crippen LogP contribution in [0.3, 0.4) is 0 Å². The Labute approximate surface area is 191 Å². The van der Waals surface area contributed by atoms with Crippen LogP contribution in [0.1, 0.15) is 23.3 Å². The third-order valence-corrected chi connectivity index (χ3v) is 5.24. The second-order valence-electron chi connectivity index (χ2n) is 7.56. The van der Waals surface area contributed by atoms with Crippen molar-refractivity contribution < 1.29 is 9.59 Å². The molecular formula is C23H24N8O2. The molecule has 168 valence electrons. The first kappa shape index (κ1) is 21.9. The van der Waals surface area contributed by atoms with Crippen molar-refractivity contribution in [3.05, 3.63) is 67.3 Å². The van der Waals surface area contributed by atoms with Crippen molar-refractivity contribution >= 4 is 29.1 Å². The summed E-state index contributed by atoms with van der Waals surface area (Å²) >= 11 is 0. The molecule has 0 radical (unpaired) electrons. The molecule has 1 fully saturated rings. The second kappa shape index (κ2) is 9.86. The van der Waals surface area contributed by atoms with Gasteiger partial charge in [0.05, 0.1) is 6.20 Å². The lowest BCUT2D eigenvalue weighted by atomic mass is 10.1. The quantitative estimate of drug-likeness (QED) is 0.471. The van der Waals surface area contributed by atoms with Gasteiger partial charge in [0.1, 0.15) is 5.82 Å². The third kappa shape index (κ3) is 5.29. The van der Waals surface area contributed by atoms with Crippen molar-refractivity contribution in [1.29, 1.82) is 0 Å². The lowest BCUT2D eigenvalue weighted by molar-refractivity contribution is -0.117. The average molecular weight is 444 g/mol. The average Bonchev–Trinajstić information content (AvgIpc) is 2.85. The van der Waals surface area contributed by atoms with E-state index in [9.17, 15) is 9.59 Å². The molecule has 2 amide bonds. The van der Waals surface area contributed by atoms with Crippen molar-refractivity contribution in [1.82, 2.24) is 25.3 Å². The van der Waals surface area contributed by atoms with Crippen LogP contribution < -0.4 is 21.3 Å². The van der Waals surface area contributed by atoms with Crippen LogP contribution in [0, 0.1) is 0 Å². The Balaban J connectivity index is 1.55. The Kier molecular flexibility index (Phi) is 6.53. The minimum Gasteiger partial charge on any atom is -0.364 e. The summed E-state index contributed by atoms with van der Waals surface area (Å²) in [5.41, 5.74) is 7.13. The van der Waals surface area contributed by atoms with E-state index >= 15 is 0 Å². The molecule has 0 bridgehead atoms. The summed E-state index contributed by atoms with van der Waals surface area (Å²) in [6.07, 6.45) is 7.90. The summed E-state index contributed by atoms with van der Waals surface area (Å²) < 4.78 is 0. The summed E-state index contributed by atoms with van der Waals surface area (Å²) in [6.45, 7) is 4.84. The molecule has 4 N–H and O–H groups in total. The fraction of sp³-hybridized carbons (Fsp3) is 0.217. The van der Waals surface area contributed by atoms with Crippen LogP contribution in [0.2, 0.25) is 0 Å². The van der Waals surface area contributed by atoms with Gasteiger partial charge in [0, 0.05) is 42.8 Å². The highest BCUT2D eigenvalue weighted by Crippen LogP contribution is 2.25. The van der Waals surface area contributed by atoms with Crippen molar-refractivity contribution in [3.8, 4) is 11.4 Å². The molecule has 4 rings (SSSR count). The van der Waals surface area contributed by atoms with Crippen molar-refractivity contribution in [3.63, 3.8) is 0 Å². The highest BCUT2D eigenvalue weighted by molar-refractivity contribution is 5.96. The predicted octanol–water partition coefficient (Wildman–Crippen LogP) is 2.05. The zero-order valence-corrected chi connectivity index (χ0v) is 17.9. The van der Waals surface area contributed by atoms with E-state index in [1.807, 2.05) is 29.2 Å². The molecule has 1 atom stereocenters. The number of benzene rings is 1. The number of rotatable bonds is 7. The van der Waals surface area contributed by atoms with Gasteiger partial charge < -0.3 is 21.3 Å². The lowest BCUT2D eigenvalue weighted by Crippen LogP contribution is -2.47. The number of hydrogen-bond acceptors (Lipinski definition) is 8. The summed E-state index contributed by atoms with van der Waals surface area (Å²) in [5.74, 6) is 0.589. The number of aromatic nitrogens is 4. The highest BCUT2D eigenvalue weighted by Gasteiger charge is 2.23. The van der Waals surface area contributed by atoms with Crippen molar-refractivity contribution in [2.24, 2.45) is 5.73 Å². The molecule has 0 saturated carbocycles. The van der Waals surface area contributed by atoms with Crippen LogP contribution in [0.15, 0.2) is 61.6 Å². The Morgan fingerprint density at radius 2 is 1.91 bits per heavy atom. The topological polar surface area (TPSA) is 139 Å². The van der Waals surface area contributed by atoms with Gasteiger partial charge in [0.2, 0.25) is 5.91 Å². The predicted molar refractivity (Wildman–Crippen MR) is 125 cm³/mol. The number of carbonyl (C=O) groups is 2. The van der Waals surface area contributed by atoms with Gasteiger partial charge in [0.15, 0.2) is 17.3 Å².